The van der Waals surface area contributed by atoms with Crippen LogP contribution in [0, 0.1) is 0 Å². The smallest absolute Gasteiger partial charge is 0.315 e. The zero-order valence-electron chi connectivity index (χ0n) is 6.98. The molecule has 0 amide bonds. The molecular weight excluding hydrogens is 208 g/mol. The van der Waals surface area contributed by atoms with Gasteiger partial charge in [0.25, 0.3) is 0 Å². The van der Waals surface area contributed by atoms with Gasteiger partial charge in [-0.25, -0.2) is 0 Å². The Hall–Kier alpha value is -0.810. The maximum absolute atomic E-state index is 10.8. The molecule has 0 spiro atoms. The molecule has 1 rings (SSSR count). The maximum Gasteiger partial charge on any atom is 0.315 e. The van der Waals surface area contributed by atoms with Crippen LogP contribution in [0.4, 0.5) is 0 Å². The maximum atomic E-state index is 10.8. The van der Waals surface area contributed by atoms with Gasteiger partial charge >= 0.3 is 5.97 Å². The van der Waals surface area contributed by atoms with Crippen molar-refractivity contribution < 1.29 is 14.3 Å². The van der Waals surface area contributed by atoms with Gasteiger partial charge in [-0.1, -0.05) is 0 Å². The molecule has 0 aliphatic carbocycles. The average molecular weight is 216 g/mol. The second kappa shape index (κ2) is 5.04. The van der Waals surface area contributed by atoms with Gasteiger partial charge in [0, 0.05) is 21.2 Å². The summed E-state index contributed by atoms with van der Waals surface area (Å²) >= 11 is 2.76. The summed E-state index contributed by atoms with van der Waals surface area (Å²) in [6.07, 6.45) is 0.788. The highest BCUT2D eigenvalue weighted by Crippen LogP contribution is 2.25. The van der Waals surface area contributed by atoms with E-state index >= 15 is 0 Å². The molecule has 0 aromatic carbocycles. The summed E-state index contributed by atoms with van der Waals surface area (Å²) < 4.78 is 4.48. The van der Waals surface area contributed by atoms with Crippen molar-refractivity contribution in [3.8, 4) is 0 Å². The first-order chi connectivity index (χ1) is 6.27. The molecule has 1 aromatic heterocycles. The molecule has 70 valence electrons. The van der Waals surface area contributed by atoms with Crippen molar-refractivity contribution in [2.75, 3.05) is 12.9 Å². The number of methoxy groups -OCH3 is 1. The van der Waals surface area contributed by atoms with Crippen LogP contribution in [0.5, 0.6) is 0 Å². The van der Waals surface area contributed by atoms with E-state index in [0.717, 1.165) is 11.2 Å². The molecule has 13 heavy (non-hydrogen) atoms. The van der Waals surface area contributed by atoms with Crippen molar-refractivity contribution >= 4 is 35.4 Å². The molecule has 0 aliphatic heterocycles. The van der Waals surface area contributed by atoms with Crippen molar-refractivity contribution in [1.82, 2.24) is 0 Å². The zero-order valence-corrected chi connectivity index (χ0v) is 8.61. The predicted octanol–water partition coefficient (Wildman–Crippen LogP) is 1.83. The minimum absolute atomic E-state index is 0.244. The van der Waals surface area contributed by atoms with Gasteiger partial charge in [-0.3, -0.25) is 9.59 Å². The number of hydrogen-bond acceptors (Lipinski definition) is 5. The van der Waals surface area contributed by atoms with E-state index in [1.54, 1.807) is 5.38 Å². The molecule has 1 aromatic rings. The number of thioether (sulfide) groups is 1. The van der Waals surface area contributed by atoms with Gasteiger partial charge in [-0.2, -0.15) is 11.3 Å². The Morgan fingerprint density at radius 2 is 2.46 bits per heavy atom. The lowest BCUT2D eigenvalue weighted by Crippen LogP contribution is -2.02. The molecule has 0 saturated carbocycles. The lowest BCUT2D eigenvalue weighted by molar-refractivity contribution is -0.137. The minimum Gasteiger partial charge on any atom is -0.468 e. The first kappa shape index (κ1) is 10.3. The second-order valence-corrected chi connectivity index (χ2v) is 3.93. The van der Waals surface area contributed by atoms with Gasteiger partial charge < -0.3 is 4.74 Å². The van der Waals surface area contributed by atoms with E-state index in [2.05, 4.69) is 4.74 Å². The van der Waals surface area contributed by atoms with Crippen LogP contribution in [-0.2, 0) is 9.53 Å². The Morgan fingerprint density at radius 1 is 1.69 bits per heavy atom. The molecule has 1 heterocycles. The van der Waals surface area contributed by atoms with Gasteiger partial charge in [-0.05, 0) is 0 Å². The van der Waals surface area contributed by atoms with E-state index in [9.17, 15) is 9.59 Å². The summed E-state index contributed by atoms with van der Waals surface area (Å²) in [7, 11) is 1.34. The number of aldehydes is 1. The quantitative estimate of drug-likeness (QED) is 0.437. The van der Waals surface area contributed by atoms with Crippen molar-refractivity contribution in [2.45, 2.75) is 4.90 Å². The Morgan fingerprint density at radius 3 is 3.08 bits per heavy atom. The van der Waals surface area contributed by atoms with E-state index in [4.69, 9.17) is 0 Å². The molecule has 5 heteroatoms. The van der Waals surface area contributed by atoms with Crippen LogP contribution in [0.25, 0.3) is 0 Å². The summed E-state index contributed by atoms with van der Waals surface area (Å²) in [5.41, 5.74) is 0.638. The first-order valence-corrected chi connectivity index (χ1v) is 5.41. The standard InChI is InChI=1S/C8H8O3S2/c1-11-8(10)5-13-7-4-12-3-6(7)2-9/h2-4H,5H2,1H3. The van der Waals surface area contributed by atoms with E-state index in [1.807, 2.05) is 5.38 Å². The third-order valence-corrected chi connectivity index (χ3v) is 3.31. The van der Waals surface area contributed by atoms with Crippen molar-refractivity contribution in [1.29, 1.82) is 0 Å². The van der Waals surface area contributed by atoms with Crippen LogP contribution in [0.3, 0.4) is 0 Å². The Bertz CT molecular complexity index is 306. The van der Waals surface area contributed by atoms with Crippen molar-refractivity contribution in [2.24, 2.45) is 0 Å². The van der Waals surface area contributed by atoms with E-state index in [-0.39, 0.29) is 11.7 Å². The molecule has 0 atom stereocenters. The van der Waals surface area contributed by atoms with Crippen LogP contribution in [0.15, 0.2) is 15.7 Å². The van der Waals surface area contributed by atoms with Crippen molar-refractivity contribution in [3.63, 3.8) is 0 Å². The van der Waals surface area contributed by atoms with E-state index in [1.165, 1.54) is 30.2 Å². The molecule has 0 fully saturated rings. The molecule has 0 N–H and O–H groups in total. The first-order valence-electron chi connectivity index (χ1n) is 3.49. The van der Waals surface area contributed by atoms with Crippen LogP contribution >= 0.6 is 23.1 Å². The zero-order chi connectivity index (χ0) is 9.68. The fourth-order valence-corrected chi connectivity index (χ4v) is 2.53. The third kappa shape index (κ3) is 2.86. The normalized spacial score (nSPS) is 9.62. The topological polar surface area (TPSA) is 43.4 Å². The molecule has 0 unspecified atom stereocenters. The van der Waals surface area contributed by atoms with Crippen LogP contribution in [0.2, 0.25) is 0 Å². The molecule has 3 nitrogen and oxygen atoms in total. The highest BCUT2D eigenvalue weighted by molar-refractivity contribution is 8.00. The highest BCUT2D eigenvalue weighted by atomic mass is 32.2. The SMILES string of the molecule is COC(=O)CSc1cscc1C=O. The highest BCUT2D eigenvalue weighted by Gasteiger charge is 2.06. The number of thiophene rings is 1. The molecule has 0 radical (unpaired) electrons. The molecule has 0 saturated heterocycles. The molecule has 0 bridgehead atoms. The summed E-state index contributed by atoms with van der Waals surface area (Å²) in [5, 5.41) is 3.60. The monoisotopic (exact) mass is 216 g/mol. The molecule has 0 aliphatic rings. The Balaban J connectivity index is 2.53. The average Bonchev–Trinajstić information content (AvgIpc) is 2.61. The van der Waals surface area contributed by atoms with Crippen LogP contribution < -0.4 is 0 Å². The van der Waals surface area contributed by atoms with Gasteiger partial charge in [0.15, 0.2) is 6.29 Å². The second-order valence-electron chi connectivity index (χ2n) is 2.17. The van der Waals surface area contributed by atoms with Gasteiger partial charge in [0.1, 0.15) is 0 Å². The van der Waals surface area contributed by atoms with Gasteiger partial charge in [0.05, 0.1) is 12.9 Å². The Labute approximate surface area is 84.1 Å². The minimum atomic E-state index is -0.284. The molecular formula is C8H8O3S2. The Kier molecular flexibility index (Phi) is 3.98. The van der Waals surface area contributed by atoms with Crippen molar-refractivity contribution in [3.05, 3.63) is 16.3 Å². The van der Waals surface area contributed by atoms with E-state index in [0.29, 0.717) is 5.56 Å². The summed E-state index contributed by atoms with van der Waals surface area (Å²) in [6, 6.07) is 0. The summed E-state index contributed by atoms with van der Waals surface area (Å²) in [5.74, 6) is -0.0401. The largest absolute Gasteiger partial charge is 0.468 e. The number of esters is 1. The number of carbonyl (C=O) groups excluding carboxylic acids is 2. The number of carbonyl (C=O) groups is 2. The number of rotatable bonds is 4. The van der Waals surface area contributed by atoms with Gasteiger partial charge in [0.2, 0.25) is 0 Å². The fourth-order valence-electron chi connectivity index (χ4n) is 0.694. The number of hydrogen-bond donors (Lipinski definition) is 0. The van der Waals surface area contributed by atoms with Gasteiger partial charge in [-0.15, -0.1) is 11.8 Å². The lowest BCUT2D eigenvalue weighted by atomic mass is 10.4. The number of ether oxygens (including phenoxy) is 1. The van der Waals surface area contributed by atoms with Crippen LogP contribution in [0.1, 0.15) is 10.4 Å². The predicted molar refractivity (Wildman–Crippen MR) is 52.4 cm³/mol. The fraction of sp³-hybridized carbons (Fsp3) is 0.250. The summed E-state index contributed by atoms with van der Waals surface area (Å²) in [4.78, 5) is 22.1. The van der Waals surface area contributed by atoms with Crippen LogP contribution in [-0.4, -0.2) is 25.1 Å². The third-order valence-electron chi connectivity index (χ3n) is 1.35. The lowest BCUT2D eigenvalue weighted by Gasteiger charge is -1.97. The van der Waals surface area contributed by atoms with E-state index < -0.39 is 0 Å². The summed E-state index contributed by atoms with van der Waals surface area (Å²) in [6.45, 7) is 0.